The van der Waals surface area contributed by atoms with Crippen molar-refractivity contribution < 1.29 is 14.3 Å². The quantitative estimate of drug-likeness (QED) is 0.802. The second kappa shape index (κ2) is 8.63. The summed E-state index contributed by atoms with van der Waals surface area (Å²) in [5.41, 5.74) is 0.488. The molecule has 1 N–H and O–H groups in total. The molecule has 1 aromatic rings. The molecule has 5 heteroatoms. The van der Waals surface area contributed by atoms with E-state index in [1.807, 2.05) is 0 Å². The Morgan fingerprint density at radius 1 is 1.14 bits per heavy atom. The molecule has 0 aliphatic heterocycles. The van der Waals surface area contributed by atoms with Crippen molar-refractivity contribution in [3.05, 3.63) is 23.8 Å². The van der Waals surface area contributed by atoms with Crippen LogP contribution < -0.4 is 14.8 Å². The van der Waals surface area contributed by atoms with Crippen LogP contribution in [0.5, 0.6) is 11.5 Å². The lowest BCUT2D eigenvalue weighted by Gasteiger charge is -2.30. The molecule has 0 aliphatic carbocycles. The van der Waals surface area contributed by atoms with E-state index in [-0.39, 0.29) is 5.91 Å². The van der Waals surface area contributed by atoms with E-state index in [9.17, 15) is 4.79 Å². The normalized spacial score (nSPS) is 11.1. The first-order chi connectivity index (χ1) is 10.4. The Bertz CT molecular complexity index is 479. The smallest absolute Gasteiger partial charge is 0.255 e. The van der Waals surface area contributed by atoms with Crippen LogP contribution >= 0.6 is 0 Å². The number of carbonyl (C=O) groups is 1. The van der Waals surface area contributed by atoms with Gasteiger partial charge in [-0.2, -0.15) is 0 Å². The van der Waals surface area contributed by atoms with E-state index in [0.29, 0.717) is 35.7 Å². The number of hydrogen-bond acceptors (Lipinski definition) is 4. The molecule has 0 fully saturated rings. The maximum absolute atomic E-state index is 12.3. The zero-order valence-electron chi connectivity index (χ0n) is 14.5. The summed E-state index contributed by atoms with van der Waals surface area (Å²) in [5.74, 6) is 0.872. The monoisotopic (exact) mass is 308 g/mol. The minimum absolute atomic E-state index is 0.150. The van der Waals surface area contributed by atoms with E-state index in [0.717, 1.165) is 6.54 Å². The van der Waals surface area contributed by atoms with Gasteiger partial charge < -0.3 is 14.8 Å². The van der Waals surface area contributed by atoms with Crippen LogP contribution in [0.25, 0.3) is 0 Å². The Labute approximate surface area is 133 Å². The number of para-hydroxylation sites is 1. The summed E-state index contributed by atoms with van der Waals surface area (Å²) in [4.78, 5) is 14.7. The fourth-order valence-electron chi connectivity index (χ4n) is 2.57. The van der Waals surface area contributed by atoms with Gasteiger partial charge in [0.15, 0.2) is 11.5 Å². The second-order valence-electron chi connectivity index (χ2n) is 5.72. The molecule has 1 amide bonds. The number of benzene rings is 1. The molecule has 22 heavy (non-hydrogen) atoms. The van der Waals surface area contributed by atoms with Crippen molar-refractivity contribution in [3.63, 3.8) is 0 Å². The average Bonchev–Trinajstić information content (AvgIpc) is 2.49. The highest BCUT2D eigenvalue weighted by Crippen LogP contribution is 2.30. The van der Waals surface area contributed by atoms with Crippen LogP contribution in [-0.4, -0.2) is 50.2 Å². The van der Waals surface area contributed by atoms with Gasteiger partial charge in [0.2, 0.25) is 0 Å². The fraction of sp³-hybridized carbons (Fsp3) is 0.588. The minimum atomic E-state index is -0.150. The van der Waals surface area contributed by atoms with E-state index in [2.05, 4.69) is 37.9 Å². The molecule has 5 nitrogen and oxygen atoms in total. The lowest BCUT2D eigenvalue weighted by molar-refractivity contribution is 0.0935. The van der Waals surface area contributed by atoms with E-state index in [1.54, 1.807) is 25.3 Å². The van der Waals surface area contributed by atoms with Crippen LogP contribution in [0.4, 0.5) is 0 Å². The van der Waals surface area contributed by atoms with Gasteiger partial charge in [-0.1, -0.05) is 6.07 Å². The van der Waals surface area contributed by atoms with Gasteiger partial charge in [0.25, 0.3) is 5.91 Å². The fourth-order valence-corrected chi connectivity index (χ4v) is 2.57. The number of carbonyl (C=O) groups excluding carboxylic acids is 1. The molecule has 0 spiro atoms. The van der Waals surface area contributed by atoms with Gasteiger partial charge in [-0.15, -0.1) is 0 Å². The molecule has 0 heterocycles. The zero-order chi connectivity index (χ0) is 16.7. The summed E-state index contributed by atoms with van der Waals surface area (Å²) in [5, 5.41) is 2.95. The third-order valence-electron chi connectivity index (χ3n) is 3.63. The summed E-state index contributed by atoms with van der Waals surface area (Å²) >= 11 is 0. The Morgan fingerprint density at radius 2 is 1.77 bits per heavy atom. The number of amides is 1. The highest BCUT2D eigenvalue weighted by atomic mass is 16.5. The Balaban J connectivity index is 2.70. The molecular weight excluding hydrogens is 280 g/mol. The van der Waals surface area contributed by atoms with Crippen molar-refractivity contribution in [2.24, 2.45) is 0 Å². The van der Waals surface area contributed by atoms with Crippen LogP contribution in [0, 0.1) is 0 Å². The molecule has 0 aliphatic rings. The predicted octanol–water partition coefficient (Wildman–Crippen LogP) is 2.55. The SMILES string of the molecule is COc1cccc(C(=O)NCCN(C(C)C)C(C)C)c1OC. The molecule has 1 rings (SSSR count). The summed E-state index contributed by atoms with van der Waals surface area (Å²) in [6, 6.07) is 6.19. The molecule has 124 valence electrons. The van der Waals surface area contributed by atoms with Crippen molar-refractivity contribution in [1.29, 1.82) is 0 Å². The van der Waals surface area contributed by atoms with Gasteiger partial charge in [-0.05, 0) is 39.8 Å². The molecule has 0 saturated carbocycles. The van der Waals surface area contributed by atoms with Gasteiger partial charge in [0, 0.05) is 25.2 Å². The lowest BCUT2D eigenvalue weighted by Crippen LogP contribution is -2.42. The molecule has 0 aromatic heterocycles. The van der Waals surface area contributed by atoms with Crippen molar-refractivity contribution in [1.82, 2.24) is 10.2 Å². The van der Waals surface area contributed by atoms with Crippen LogP contribution in [0.15, 0.2) is 18.2 Å². The lowest BCUT2D eigenvalue weighted by atomic mass is 10.1. The van der Waals surface area contributed by atoms with Crippen molar-refractivity contribution in [2.75, 3.05) is 27.3 Å². The topological polar surface area (TPSA) is 50.8 Å². The van der Waals surface area contributed by atoms with Gasteiger partial charge in [0.05, 0.1) is 19.8 Å². The highest BCUT2D eigenvalue weighted by Gasteiger charge is 2.17. The summed E-state index contributed by atoms with van der Waals surface area (Å²) in [6.45, 7) is 10.0. The first-order valence-electron chi connectivity index (χ1n) is 7.67. The van der Waals surface area contributed by atoms with E-state index in [4.69, 9.17) is 9.47 Å². The van der Waals surface area contributed by atoms with Crippen LogP contribution in [-0.2, 0) is 0 Å². The van der Waals surface area contributed by atoms with Crippen LogP contribution in [0.2, 0.25) is 0 Å². The van der Waals surface area contributed by atoms with Gasteiger partial charge >= 0.3 is 0 Å². The third-order valence-corrected chi connectivity index (χ3v) is 3.63. The number of methoxy groups -OCH3 is 2. The third kappa shape index (κ3) is 4.63. The van der Waals surface area contributed by atoms with Crippen molar-refractivity contribution in [3.8, 4) is 11.5 Å². The minimum Gasteiger partial charge on any atom is -0.493 e. The summed E-state index contributed by atoms with van der Waals surface area (Å²) in [7, 11) is 3.09. The maximum atomic E-state index is 12.3. The first-order valence-corrected chi connectivity index (χ1v) is 7.67. The first kappa shape index (κ1) is 18.3. The number of nitrogens with one attached hydrogen (secondary N) is 1. The molecule has 0 bridgehead atoms. The van der Waals surface area contributed by atoms with Crippen LogP contribution in [0.1, 0.15) is 38.1 Å². The number of ether oxygens (including phenoxy) is 2. The molecule has 0 saturated heterocycles. The number of nitrogens with zero attached hydrogens (tertiary/aromatic N) is 1. The maximum Gasteiger partial charge on any atom is 0.255 e. The van der Waals surface area contributed by atoms with Crippen molar-refractivity contribution >= 4 is 5.91 Å². The number of rotatable bonds is 8. The Morgan fingerprint density at radius 3 is 2.27 bits per heavy atom. The average molecular weight is 308 g/mol. The van der Waals surface area contributed by atoms with Gasteiger partial charge in [-0.3, -0.25) is 9.69 Å². The van der Waals surface area contributed by atoms with E-state index < -0.39 is 0 Å². The second-order valence-corrected chi connectivity index (χ2v) is 5.72. The number of hydrogen-bond donors (Lipinski definition) is 1. The van der Waals surface area contributed by atoms with Crippen molar-refractivity contribution in [2.45, 2.75) is 39.8 Å². The highest BCUT2D eigenvalue weighted by molar-refractivity contribution is 5.97. The van der Waals surface area contributed by atoms with E-state index in [1.165, 1.54) is 7.11 Å². The predicted molar refractivity (Wildman–Crippen MR) is 88.9 cm³/mol. The molecule has 0 atom stereocenters. The van der Waals surface area contributed by atoms with Crippen LogP contribution in [0.3, 0.4) is 0 Å². The van der Waals surface area contributed by atoms with E-state index >= 15 is 0 Å². The Hall–Kier alpha value is -1.75. The van der Waals surface area contributed by atoms with Gasteiger partial charge in [-0.25, -0.2) is 0 Å². The zero-order valence-corrected chi connectivity index (χ0v) is 14.5. The Kier molecular flexibility index (Phi) is 7.18. The standard InChI is InChI=1S/C17H28N2O3/c1-12(2)19(13(3)4)11-10-18-17(20)14-8-7-9-15(21-5)16(14)22-6/h7-9,12-13H,10-11H2,1-6H3,(H,18,20). The molecule has 1 aromatic carbocycles. The summed E-state index contributed by atoms with van der Waals surface area (Å²) < 4.78 is 10.5. The molecule has 0 radical (unpaired) electrons. The summed E-state index contributed by atoms with van der Waals surface area (Å²) in [6.07, 6.45) is 0. The molecule has 0 unspecified atom stereocenters. The van der Waals surface area contributed by atoms with Gasteiger partial charge in [0.1, 0.15) is 0 Å². The molecular formula is C17H28N2O3. The largest absolute Gasteiger partial charge is 0.493 e.